The van der Waals surface area contributed by atoms with Crippen molar-refractivity contribution in [2.45, 2.75) is 10.9 Å². The predicted octanol–water partition coefficient (Wildman–Crippen LogP) is 3.05. The lowest BCUT2D eigenvalue weighted by molar-refractivity contribution is 0.350. The fourth-order valence-electron chi connectivity index (χ4n) is 2.40. The number of ether oxygens (including phenoxy) is 2. The summed E-state index contributed by atoms with van der Waals surface area (Å²) in [5.74, 6) is 1.13. The Balaban J connectivity index is 1.96. The average Bonchev–Trinajstić information content (AvgIpc) is 2.90. The zero-order valence-corrected chi connectivity index (χ0v) is 14.7. The molecule has 0 bridgehead atoms. The van der Waals surface area contributed by atoms with Crippen LogP contribution in [-0.2, 0) is 16.9 Å². The molecule has 24 heavy (non-hydrogen) atoms. The Morgan fingerprint density at radius 3 is 2.79 bits per heavy atom. The summed E-state index contributed by atoms with van der Waals surface area (Å²) < 4.78 is 24.9. The first-order chi connectivity index (χ1) is 11.5. The van der Waals surface area contributed by atoms with Crippen LogP contribution in [0.1, 0.15) is 5.69 Å². The van der Waals surface area contributed by atoms with E-state index in [1.54, 1.807) is 35.0 Å². The number of halogens is 1. The van der Waals surface area contributed by atoms with Crippen LogP contribution in [0, 0.1) is 7.05 Å². The normalized spacial score (nSPS) is 12.4. The number of pyridine rings is 1. The van der Waals surface area contributed by atoms with Crippen molar-refractivity contribution in [3.8, 4) is 11.5 Å². The third kappa shape index (κ3) is 3.02. The highest BCUT2D eigenvalue weighted by molar-refractivity contribution is 7.90. The molecular weight excluding hydrogens is 350 g/mol. The smallest absolute Gasteiger partial charge is 0.324 e. The number of aromatic nitrogens is 3. The summed E-state index contributed by atoms with van der Waals surface area (Å²) in [6.07, 6.45) is 1.58. The third-order valence-electron chi connectivity index (χ3n) is 3.51. The van der Waals surface area contributed by atoms with E-state index in [1.165, 1.54) is 14.2 Å². The number of nitrogens with zero attached hydrogens (tertiary/aromatic N) is 3. The lowest BCUT2D eigenvalue weighted by atomic mass is 10.3. The van der Waals surface area contributed by atoms with Crippen LogP contribution in [-0.4, -0.2) is 33.3 Å². The molecule has 1 unspecified atom stereocenters. The van der Waals surface area contributed by atoms with Crippen LogP contribution in [0.25, 0.3) is 11.0 Å². The summed E-state index contributed by atoms with van der Waals surface area (Å²) in [6.45, 7) is 0. The molecule has 8 heteroatoms. The van der Waals surface area contributed by atoms with Crippen molar-refractivity contribution < 1.29 is 14.0 Å². The Hall–Kier alpha value is -1.96. The minimum absolute atomic E-state index is 0.132. The molecule has 0 saturated carbocycles. The number of imidazole rings is 1. The van der Waals surface area contributed by atoms with E-state index < -0.39 is 11.2 Å². The van der Waals surface area contributed by atoms with Gasteiger partial charge in [0.2, 0.25) is 0 Å². The molecule has 6 nitrogen and oxygen atoms in total. The Kier molecular flexibility index (Phi) is 4.84. The largest absolute Gasteiger partial charge is 0.609 e. The predicted molar refractivity (Wildman–Crippen MR) is 93.0 cm³/mol. The van der Waals surface area contributed by atoms with Crippen molar-refractivity contribution in [2.24, 2.45) is 0 Å². The molecule has 3 rings (SSSR count). The summed E-state index contributed by atoms with van der Waals surface area (Å²) in [7, 11) is 6.98. The molecular formula is C16H15ClN3O3S. The van der Waals surface area contributed by atoms with Crippen LogP contribution in [0.2, 0.25) is 5.02 Å². The van der Waals surface area contributed by atoms with Gasteiger partial charge in [-0.3, -0.25) is 9.55 Å². The highest BCUT2D eigenvalue weighted by Crippen LogP contribution is 2.32. The first-order valence-electron chi connectivity index (χ1n) is 6.98. The van der Waals surface area contributed by atoms with Gasteiger partial charge in [0.05, 0.1) is 25.3 Å². The van der Waals surface area contributed by atoms with Gasteiger partial charge < -0.3 is 14.0 Å². The molecule has 125 valence electrons. The molecule has 0 fully saturated rings. The van der Waals surface area contributed by atoms with Crippen LogP contribution < -0.4 is 9.47 Å². The van der Waals surface area contributed by atoms with E-state index in [1.807, 2.05) is 0 Å². The number of benzene rings is 1. The molecule has 1 radical (unpaired) electrons. The molecule has 0 spiro atoms. The average molecular weight is 365 g/mol. The van der Waals surface area contributed by atoms with Gasteiger partial charge in [0.15, 0.2) is 17.3 Å². The van der Waals surface area contributed by atoms with E-state index in [0.29, 0.717) is 32.9 Å². The van der Waals surface area contributed by atoms with Crippen LogP contribution in [0.4, 0.5) is 0 Å². The summed E-state index contributed by atoms with van der Waals surface area (Å²) in [5.41, 5.74) is 1.93. The standard InChI is InChI=1S/C16H15ClN3O3S/c1-20-13-5-4-10(17)8-11(13)19-16(20)24(21)9-12-15(23-3)14(22-2)6-7-18-12/h4-8H,1,9H2,2-3H3. The third-order valence-corrected chi connectivity index (χ3v) is 5.00. The van der Waals surface area contributed by atoms with Crippen LogP contribution >= 0.6 is 11.6 Å². The Bertz CT molecular complexity index is 884. The lowest BCUT2D eigenvalue weighted by Crippen LogP contribution is -2.12. The maximum atomic E-state index is 12.8. The van der Waals surface area contributed by atoms with E-state index in [4.69, 9.17) is 21.1 Å². The number of rotatable bonds is 5. The molecule has 1 atom stereocenters. The fraction of sp³-hybridized carbons (Fsp3) is 0.188. The van der Waals surface area contributed by atoms with Gasteiger partial charge >= 0.3 is 5.16 Å². The first-order valence-corrected chi connectivity index (χ1v) is 8.68. The molecule has 0 aliphatic carbocycles. The van der Waals surface area contributed by atoms with Gasteiger partial charge in [0.1, 0.15) is 5.69 Å². The first kappa shape index (κ1) is 16.9. The highest BCUT2D eigenvalue weighted by atomic mass is 35.5. The molecule has 0 saturated heterocycles. The monoisotopic (exact) mass is 364 g/mol. The zero-order valence-electron chi connectivity index (χ0n) is 13.2. The van der Waals surface area contributed by atoms with Crippen molar-refractivity contribution in [2.75, 3.05) is 14.2 Å². The van der Waals surface area contributed by atoms with Crippen molar-refractivity contribution in [1.82, 2.24) is 14.5 Å². The number of methoxy groups -OCH3 is 2. The van der Waals surface area contributed by atoms with Gasteiger partial charge in [-0.15, -0.1) is 0 Å². The number of hydrogen-bond acceptors (Lipinski definition) is 5. The minimum Gasteiger partial charge on any atom is -0.609 e. The molecule has 3 aromatic rings. The molecule has 2 heterocycles. The summed E-state index contributed by atoms with van der Waals surface area (Å²) in [6, 6.07) is 6.93. The van der Waals surface area contributed by atoms with Crippen molar-refractivity contribution in [3.63, 3.8) is 0 Å². The van der Waals surface area contributed by atoms with Gasteiger partial charge in [-0.1, -0.05) is 11.6 Å². The van der Waals surface area contributed by atoms with Gasteiger partial charge in [0.25, 0.3) is 0 Å². The molecule has 1 aromatic carbocycles. The molecule has 0 amide bonds. The van der Waals surface area contributed by atoms with E-state index >= 15 is 0 Å². The number of hydrogen-bond donors (Lipinski definition) is 0. The van der Waals surface area contributed by atoms with Gasteiger partial charge in [0, 0.05) is 35.5 Å². The quantitative estimate of drug-likeness (QED) is 0.650. The van der Waals surface area contributed by atoms with Crippen LogP contribution in [0.3, 0.4) is 0 Å². The summed E-state index contributed by atoms with van der Waals surface area (Å²) in [5, 5.41) is 0.910. The molecule has 2 aromatic heterocycles. The fourth-order valence-corrected chi connectivity index (χ4v) is 3.69. The SMILES string of the molecule is [CH2]n1c([S+]([O-])Cc2nccc(OC)c2OC)nc2cc(Cl)ccc21. The topological polar surface area (TPSA) is 72.2 Å². The zero-order chi connectivity index (χ0) is 17.3. The number of fused-ring (bicyclic) bond motifs is 1. The second kappa shape index (κ2) is 6.88. The van der Waals surface area contributed by atoms with Gasteiger partial charge in [-0.05, 0) is 18.2 Å². The van der Waals surface area contributed by atoms with Gasteiger partial charge in [-0.2, -0.15) is 4.98 Å². The van der Waals surface area contributed by atoms with E-state index in [-0.39, 0.29) is 5.75 Å². The lowest BCUT2D eigenvalue weighted by Gasteiger charge is -2.13. The molecule has 0 N–H and O–H groups in total. The molecule has 0 aliphatic heterocycles. The van der Waals surface area contributed by atoms with E-state index in [0.717, 1.165) is 5.52 Å². The van der Waals surface area contributed by atoms with Gasteiger partial charge in [-0.25, -0.2) is 0 Å². The van der Waals surface area contributed by atoms with E-state index in [2.05, 4.69) is 17.0 Å². The highest BCUT2D eigenvalue weighted by Gasteiger charge is 2.24. The van der Waals surface area contributed by atoms with Crippen LogP contribution in [0.15, 0.2) is 35.6 Å². The summed E-state index contributed by atoms with van der Waals surface area (Å²) >= 11 is 4.52. The second-order valence-corrected chi connectivity index (χ2v) is 6.72. The van der Waals surface area contributed by atoms with Crippen molar-refractivity contribution in [3.05, 3.63) is 48.2 Å². The Morgan fingerprint density at radius 1 is 1.29 bits per heavy atom. The van der Waals surface area contributed by atoms with E-state index in [9.17, 15) is 4.55 Å². The second-order valence-electron chi connectivity index (χ2n) is 4.94. The Morgan fingerprint density at radius 2 is 2.08 bits per heavy atom. The maximum absolute atomic E-state index is 12.8. The van der Waals surface area contributed by atoms with Crippen molar-refractivity contribution >= 4 is 33.8 Å². The summed E-state index contributed by atoms with van der Waals surface area (Å²) in [4.78, 5) is 8.63. The Labute approximate surface area is 147 Å². The maximum Gasteiger partial charge on any atom is 0.324 e. The van der Waals surface area contributed by atoms with Crippen molar-refractivity contribution in [1.29, 1.82) is 0 Å². The van der Waals surface area contributed by atoms with Crippen LogP contribution in [0.5, 0.6) is 11.5 Å². The molecule has 0 aliphatic rings. The minimum atomic E-state index is -1.46.